The van der Waals surface area contributed by atoms with Gasteiger partial charge in [-0.05, 0) is 31.5 Å². The predicted molar refractivity (Wildman–Crippen MR) is 88.1 cm³/mol. The summed E-state index contributed by atoms with van der Waals surface area (Å²) in [4.78, 5) is 26.2. The molecule has 6 nitrogen and oxygen atoms in total. The highest BCUT2D eigenvalue weighted by Gasteiger charge is 2.31. The maximum atomic E-state index is 12.9. The number of benzene rings is 1. The number of aryl methyl sites for hydroxylation is 1. The second-order valence-corrected chi connectivity index (χ2v) is 6.26. The molecule has 2 N–H and O–H groups in total. The van der Waals surface area contributed by atoms with Crippen molar-refractivity contribution in [1.82, 2.24) is 14.7 Å². The molecule has 0 aliphatic carbocycles. The van der Waals surface area contributed by atoms with Crippen molar-refractivity contribution in [3.63, 3.8) is 0 Å². The molecule has 1 aromatic heterocycles. The van der Waals surface area contributed by atoms with E-state index in [0.29, 0.717) is 25.2 Å². The molecule has 0 radical (unpaired) electrons. The summed E-state index contributed by atoms with van der Waals surface area (Å²) in [5.74, 6) is -0.566. The van der Waals surface area contributed by atoms with E-state index < -0.39 is 23.1 Å². The Balaban J connectivity index is 2.04. The van der Waals surface area contributed by atoms with Crippen molar-refractivity contribution >= 4 is 5.91 Å². The summed E-state index contributed by atoms with van der Waals surface area (Å²) in [7, 11) is 0. The Bertz CT molecular complexity index is 908. The monoisotopic (exact) mass is 366 g/mol. The largest absolute Gasteiger partial charge is 0.416 e. The lowest BCUT2D eigenvalue weighted by atomic mass is 10.2. The fourth-order valence-corrected chi connectivity index (χ4v) is 2.89. The van der Waals surface area contributed by atoms with E-state index in [1.54, 1.807) is 0 Å². The van der Waals surface area contributed by atoms with Gasteiger partial charge in [0.15, 0.2) is 5.69 Å². The van der Waals surface area contributed by atoms with E-state index in [-0.39, 0.29) is 17.4 Å². The fourth-order valence-electron chi connectivity index (χ4n) is 2.89. The van der Waals surface area contributed by atoms with Crippen LogP contribution in [0, 0.1) is 6.92 Å². The molecule has 0 saturated carbocycles. The number of nitrogens with zero attached hydrogens (tertiary/aromatic N) is 3. The molecule has 1 aliphatic heterocycles. The van der Waals surface area contributed by atoms with E-state index in [2.05, 4.69) is 5.10 Å². The number of likely N-dealkylation sites (tertiary alicyclic amines) is 1. The summed E-state index contributed by atoms with van der Waals surface area (Å²) in [6, 6.07) is 5.58. The molecule has 1 saturated heterocycles. The Morgan fingerprint density at radius 3 is 2.65 bits per heavy atom. The second kappa shape index (κ2) is 6.56. The minimum Gasteiger partial charge on any atom is -0.336 e. The van der Waals surface area contributed by atoms with Crippen LogP contribution in [0.2, 0.25) is 0 Å². The third-order valence-corrected chi connectivity index (χ3v) is 4.24. The first-order valence-corrected chi connectivity index (χ1v) is 8.00. The molecule has 1 amide bonds. The number of carbonyl (C=O) groups is 1. The van der Waals surface area contributed by atoms with Crippen LogP contribution >= 0.6 is 0 Å². The van der Waals surface area contributed by atoms with Gasteiger partial charge in [0.2, 0.25) is 5.43 Å². The molecule has 1 aromatic carbocycles. The molecule has 0 unspecified atom stereocenters. The summed E-state index contributed by atoms with van der Waals surface area (Å²) in [5, 5.41) is 4.04. The SMILES string of the molecule is Cc1cc(=O)c(C(=O)N2CC[C@@H](N)C2)nn1-c1cccc(C(F)(F)F)c1. The molecule has 3 rings (SSSR count). The molecule has 2 heterocycles. The summed E-state index contributed by atoms with van der Waals surface area (Å²) in [6.45, 7) is 2.27. The van der Waals surface area contributed by atoms with Gasteiger partial charge in [-0.3, -0.25) is 9.59 Å². The summed E-state index contributed by atoms with van der Waals surface area (Å²) in [5.41, 5.74) is 4.47. The highest BCUT2D eigenvalue weighted by molar-refractivity contribution is 5.92. The average molecular weight is 366 g/mol. The number of carbonyl (C=O) groups excluding carboxylic acids is 1. The first kappa shape index (κ1) is 18.1. The van der Waals surface area contributed by atoms with Gasteiger partial charge in [-0.25, -0.2) is 4.68 Å². The normalized spacial score (nSPS) is 17.6. The molecule has 1 aliphatic rings. The lowest BCUT2D eigenvalue weighted by molar-refractivity contribution is -0.137. The van der Waals surface area contributed by atoms with Gasteiger partial charge in [-0.2, -0.15) is 18.3 Å². The number of aromatic nitrogens is 2. The van der Waals surface area contributed by atoms with Crippen LogP contribution in [0.25, 0.3) is 5.69 Å². The highest BCUT2D eigenvalue weighted by Crippen LogP contribution is 2.30. The Hall–Kier alpha value is -2.68. The number of amides is 1. The van der Waals surface area contributed by atoms with E-state index in [9.17, 15) is 22.8 Å². The number of halogens is 3. The predicted octanol–water partition coefficient (Wildman–Crippen LogP) is 1.73. The molecule has 1 fully saturated rings. The van der Waals surface area contributed by atoms with Gasteiger partial charge < -0.3 is 10.6 Å². The van der Waals surface area contributed by atoms with Gasteiger partial charge in [0.05, 0.1) is 11.3 Å². The van der Waals surface area contributed by atoms with Gasteiger partial charge in [-0.1, -0.05) is 6.07 Å². The van der Waals surface area contributed by atoms with Crippen LogP contribution in [0.1, 0.15) is 28.2 Å². The smallest absolute Gasteiger partial charge is 0.336 e. The molecular formula is C17H17F3N4O2. The number of nitrogens with two attached hydrogens (primary N) is 1. The summed E-state index contributed by atoms with van der Waals surface area (Å²) >= 11 is 0. The topological polar surface area (TPSA) is 81.2 Å². The standard InChI is InChI=1S/C17H17F3N4O2/c1-10-7-14(25)15(16(26)23-6-5-12(21)9-23)22-24(10)13-4-2-3-11(8-13)17(18,19)20/h2-4,7-8,12H,5-6,9,21H2,1H3/t12-/m1/s1. The summed E-state index contributed by atoms with van der Waals surface area (Å²) in [6.07, 6.45) is -3.88. The van der Waals surface area contributed by atoms with Gasteiger partial charge >= 0.3 is 6.18 Å². The van der Waals surface area contributed by atoms with Crippen LogP contribution in [-0.2, 0) is 6.18 Å². The van der Waals surface area contributed by atoms with Crippen molar-refractivity contribution in [3.05, 3.63) is 57.5 Å². The Labute approximate surface area is 147 Å². The summed E-state index contributed by atoms with van der Waals surface area (Å²) < 4.78 is 40.0. The molecule has 0 spiro atoms. The molecule has 0 bridgehead atoms. The molecular weight excluding hydrogens is 349 g/mol. The van der Waals surface area contributed by atoms with Crippen molar-refractivity contribution in [2.75, 3.05) is 13.1 Å². The van der Waals surface area contributed by atoms with Crippen molar-refractivity contribution < 1.29 is 18.0 Å². The van der Waals surface area contributed by atoms with Crippen LogP contribution in [0.5, 0.6) is 0 Å². The number of rotatable bonds is 2. The minimum absolute atomic E-state index is 0.115. The van der Waals surface area contributed by atoms with Crippen molar-refractivity contribution in [2.24, 2.45) is 5.73 Å². The zero-order valence-electron chi connectivity index (χ0n) is 14.0. The first-order chi connectivity index (χ1) is 12.2. The first-order valence-electron chi connectivity index (χ1n) is 8.00. The minimum atomic E-state index is -4.51. The van der Waals surface area contributed by atoms with E-state index >= 15 is 0 Å². The van der Waals surface area contributed by atoms with Crippen molar-refractivity contribution in [1.29, 1.82) is 0 Å². The van der Waals surface area contributed by atoms with E-state index in [0.717, 1.165) is 12.1 Å². The van der Waals surface area contributed by atoms with Crippen LogP contribution in [0.15, 0.2) is 35.1 Å². The molecule has 1 atom stereocenters. The lowest BCUT2D eigenvalue weighted by Crippen LogP contribution is -2.36. The third-order valence-electron chi connectivity index (χ3n) is 4.24. The van der Waals surface area contributed by atoms with Crippen LogP contribution < -0.4 is 11.2 Å². The van der Waals surface area contributed by atoms with E-state index in [1.807, 2.05) is 0 Å². The molecule has 2 aromatic rings. The quantitative estimate of drug-likeness (QED) is 0.878. The Morgan fingerprint density at radius 1 is 1.31 bits per heavy atom. The number of hydrogen-bond donors (Lipinski definition) is 1. The highest BCUT2D eigenvalue weighted by atomic mass is 19.4. The second-order valence-electron chi connectivity index (χ2n) is 6.26. The zero-order valence-corrected chi connectivity index (χ0v) is 14.0. The molecule has 138 valence electrons. The number of alkyl halides is 3. The van der Waals surface area contributed by atoms with Gasteiger partial charge in [0, 0.05) is 30.9 Å². The van der Waals surface area contributed by atoms with Gasteiger partial charge in [-0.15, -0.1) is 0 Å². The third kappa shape index (κ3) is 3.48. The van der Waals surface area contributed by atoms with Crippen LogP contribution in [0.3, 0.4) is 0 Å². The lowest BCUT2D eigenvalue weighted by Gasteiger charge is -2.17. The maximum Gasteiger partial charge on any atom is 0.416 e. The molecule has 26 heavy (non-hydrogen) atoms. The molecule has 9 heteroatoms. The van der Waals surface area contributed by atoms with Crippen LogP contribution in [-0.4, -0.2) is 39.7 Å². The van der Waals surface area contributed by atoms with Crippen molar-refractivity contribution in [3.8, 4) is 5.69 Å². The van der Waals surface area contributed by atoms with Crippen LogP contribution in [0.4, 0.5) is 13.2 Å². The Kier molecular flexibility index (Phi) is 4.57. The number of hydrogen-bond acceptors (Lipinski definition) is 4. The van der Waals surface area contributed by atoms with E-state index in [1.165, 1.54) is 34.7 Å². The van der Waals surface area contributed by atoms with Crippen molar-refractivity contribution in [2.45, 2.75) is 25.6 Å². The maximum absolute atomic E-state index is 12.9. The van der Waals surface area contributed by atoms with E-state index in [4.69, 9.17) is 5.73 Å². The van der Waals surface area contributed by atoms with Gasteiger partial charge in [0.25, 0.3) is 5.91 Å². The Morgan fingerprint density at radius 2 is 2.04 bits per heavy atom. The average Bonchev–Trinajstić information content (AvgIpc) is 3.00. The van der Waals surface area contributed by atoms with Gasteiger partial charge in [0.1, 0.15) is 0 Å². The zero-order chi connectivity index (χ0) is 19.1. The fraction of sp³-hybridized carbons (Fsp3) is 0.353.